The van der Waals surface area contributed by atoms with Gasteiger partial charge in [0.15, 0.2) is 0 Å². The van der Waals surface area contributed by atoms with Crippen molar-refractivity contribution in [1.82, 2.24) is 13.8 Å². The van der Waals surface area contributed by atoms with Gasteiger partial charge in [-0.2, -0.15) is 4.31 Å². The van der Waals surface area contributed by atoms with Crippen molar-refractivity contribution in [2.24, 2.45) is 0 Å². The van der Waals surface area contributed by atoms with Crippen LogP contribution in [0.4, 0.5) is 5.69 Å². The molecule has 1 aliphatic rings. The predicted octanol–water partition coefficient (Wildman–Crippen LogP) is 2.74. The number of nitrogens with zero attached hydrogens (tertiary/aromatic N) is 4. The van der Waals surface area contributed by atoms with Crippen molar-refractivity contribution in [1.29, 1.82) is 0 Å². The van der Waals surface area contributed by atoms with E-state index in [-0.39, 0.29) is 48.7 Å². The molecule has 0 unspecified atom stereocenters. The largest absolute Gasteiger partial charge is 0.346 e. The zero-order valence-electron chi connectivity index (χ0n) is 17.5. The smallest absolute Gasteiger partial charge is 0.270 e. The second-order valence-electron chi connectivity index (χ2n) is 7.70. The van der Waals surface area contributed by atoms with Gasteiger partial charge in [-0.05, 0) is 39.8 Å². The topological polar surface area (TPSA) is 106 Å². The van der Waals surface area contributed by atoms with Crippen LogP contribution in [0.5, 0.6) is 0 Å². The van der Waals surface area contributed by atoms with Gasteiger partial charge >= 0.3 is 0 Å². The molecule has 0 N–H and O–H groups in total. The molecule has 1 aromatic heterocycles. The molecule has 0 radical (unpaired) electrons. The van der Waals surface area contributed by atoms with E-state index in [0.717, 1.165) is 17.5 Å². The molecule has 9 nitrogen and oxygen atoms in total. The maximum Gasteiger partial charge on any atom is 0.270 e. The Morgan fingerprint density at radius 1 is 1.10 bits per heavy atom. The molecule has 3 rings (SSSR count). The highest BCUT2D eigenvalue weighted by molar-refractivity contribution is 7.89. The van der Waals surface area contributed by atoms with Crippen LogP contribution in [0.15, 0.2) is 35.2 Å². The van der Waals surface area contributed by atoms with E-state index in [1.807, 2.05) is 19.9 Å². The van der Waals surface area contributed by atoms with Crippen LogP contribution in [0.3, 0.4) is 0 Å². The molecule has 0 spiro atoms. The summed E-state index contributed by atoms with van der Waals surface area (Å²) in [7, 11) is -3.87. The highest BCUT2D eigenvalue weighted by atomic mass is 32.2. The van der Waals surface area contributed by atoms with Gasteiger partial charge in [-0.3, -0.25) is 14.9 Å². The summed E-state index contributed by atoms with van der Waals surface area (Å²) < 4.78 is 29.1. The second kappa shape index (κ2) is 8.19. The van der Waals surface area contributed by atoms with Gasteiger partial charge in [-0.15, -0.1) is 0 Å². The fourth-order valence-electron chi connectivity index (χ4n) is 4.00. The third-order valence-electron chi connectivity index (χ3n) is 5.42. The number of carbonyl (C=O) groups is 1. The van der Waals surface area contributed by atoms with E-state index in [2.05, 4.69) is 18.4 Å². The number of piperazine rings is 1. The maximum atomic E-state index is 13.0. The molecule has 10 heteroatoms. The van der Waals surface area contributed by atoms with Gasteiger partial charge in [0.25, 0.3) is 11.6 Å². The lowest BCUT2D eigenvalue weighted by Crippen LogP contribution is -2.50. The molecule has 1 fully saturated rings. The predicted molar refractivity (Wildman–Crippen MR) is 112 cm³/mol. The first-order valence-corrected chi connectivity index (χ1v) is 11.2. The summed E-state index contributed by atoms with van der Waals surface area (Å²) in [4.78, 5) is 24.9. The van der Waals surface area contributed by atoms with Gasteiger partial charge in [0, 0.05) is 55.7 Å². The van der Waals surface area contributed by atoms with Crippen molar-refractivity contribution in [3.63, 3.8) is 0 Å². The van der Waals surface area contributed by atoms with Gasteiger partial charge in [-0.1, -0.05) is 6.07 Å². The Bertz CT molecular complexity index is 1080. The first-order chi connectivity index (χ1) is 14.0. The van der Waals surface area contributed by atoms with Crippen LogP contribution in [0.1, 0.15) is 41.6 Å². The summed E-state index contributed by atoms with van der Waals surface area (Å²) in [5.74, 6) is -0.109. The SMILES string of the molecule is Cc1cc(C(=O)N2CCN(S(=O)(=O)c3cccc([N+](=O)[O-])c3)CC2)c(C)n1C(C)C. The minimum atomic E-state index is -3.87. The Morgan fingerprint density at radius 2 is 1.73 bits per heavy atom. The average molecular weight is 435 g/mol. The Hall–Kier alpha value is -2.72. The van der Waals surface area contributed by atoms with Crippen molar-refractivity contribution in [2.75, 3.05) is 26.2 Å². The van der Waals surface area contributed by atoms with Crippen LogP contribution in [-0.4, -0.2) is 59.2 Å². The van der Waals surface area contributed by atoms with E-state index in [4.69, 9.17) is 0 Å². The molecule has 0 saturated carbocycles. The quantitative estimate of drug-likeness (QED) is 0.531. The molecule has 0 bridgehead atoms. The zero-order valence-corrected chi connectivity index (χ0v) is 18.3. The summed E-state index contributed by atoms with van der Waals surface area (Å²) >= 11 is 0. The van der Waals surface area contributed by atoms with E-state index < -0.39 is 14.9 Å². The lowest BCUT2D eigenvalue weighted by Gasteiger charge is -2.34. The molecule has 2 heterocycles. The van der Waals surface area contributed by atoms with E-state index in [0.29, 0.717) is 5.56 Å². The lowest BCUT2D eigenvalue weighted by molar-refractivity contribution is -0.385. The third kappa shape index (κ3) is 3.97. The first kappa shape index (κ1) is 22.0. The number of rotatable bonds is 5. The zero-order chi connectivity index (χ0) is 22.2. The molecule has 0 aliphatic carbocycles. The summed E-state index contributed by atoms with van der Waals surface area (Å²) in [5, 5.41) is 11.0. The summed E-state index contributed by atoms with van der Waals surface area (Å²) in [5.41, 5.74) is 2.28. The number of non-ortho nitro benzene ring substituents is 1. The van der Waals surface area contributed by atoms with E-state index in [9.17, 15) is 23.3 Å². The molecular formula is C20H26N4O5S. The second-order valence-corrected chi connectivity index (χ2v) is 9.64. The van der Waals surface area contributed by atoms with Crippen molar-refractivity contribution >= 4 is 21.6 Å². The van der Waals surface area contributed by atoms with Crippen molar-refractivity contribution in [3.8, 4) is 0 Å². The van der Waals surface area contributed by atoms with Crippen LogP contribution in [0.25, 0.3) is 0 Å². The molecule has 0 atom stereocenters. The average Bonchev–Trinajstić information content (AvgIpc) is 3.01. The monoisotopic (exact) mass is 434 g/mol. The fourth-order valence-corrected chi connectivity index (χ4v) is 5.46. The summed E-state index contributed by atoms with van der Waals surface area (Å²) in [6.45, 7) is 8.81. The van der Waals surface area contributed by atoms with Crippen LogP contribution in [-0.2, 0) is 10.0 Å². The molecular weight excluding hydrogens is 408 g/mol. The van der Waals surface area contributed by atoms with Crippen molar-refractivity contribution < 1.29 is 18.1 Å². The summed E-state index contributed by atoms with van der Waals surface area (Å²) in [6, 6.07) is 7.14. The third-order valence-corrected chi connectivity index (χ3v) is 7.32. The van der Waals surface area contributed by atoms with Crippen LogP contribution in [0.2, 0.25) is 0 Å². The first-order valence-electron chi connectivity index (χ1n) is 9.76. The molecule has 1 saturated heterocycles. The van der Waals surface area contributed by atoms with Crippen LogP contribution >= 0.6 is 0 Å². The number of nitro groups is 1. The standard InChI is InChI=1S/C20H26N4O5S/c1-14(2)23-15(3)12-19(16(23)4)20(25)21-8-10-22(11-9-21)30(28,29)18-7-5-6-17(13-18)24(26)27/h5-7,12-14H,8-11H2,1-4H3. The van der Waals surface area contributed by atoms with E-state index >= 15 is 0 Å². The number of nitro benzene ring substituents is 1. The van der Waals surface area contributed by atoms with Gasteiger partial charge in [0.05, 0.1) is 15.4 Å². The number of benzene rings is 1. The van der Waals surface area contributed by atoms with Crippen molar-refractivity contribution in [2.45, 2.75) is 38.6 Å². The molecule has 1 aromatic carbocycles. The summed E-state index contributed by atoms with van der Waals surface area (Å²) in [6.07, 6.45) is 0. The minimum absolute atomic E-state index is 0.109. The van der Waals surface area contributed by atoms with E-state index in [1.54, 1.807) is 4.90 Å². The van der Waals surface area contributed by atoms with Gasteiger partial charge in [0.1, 0.15) is 0 Å². The lowest BCUT2D eigenvalue weighted by atomic mass is 10.2. The highest BCUT2D eigenvalue weighted by Gasteiger charge is 2.32. The Labute approximate surface area is 176 Å². The van der Waals surface area contributed by atoms with Gasteiger partial charge in [-0.25, -0.2) is 8.42 Å². The molecule has 162 valence electrons. The number of aryl methyl sites for hydroxylation is 1. The van der Waals surface area contributed by atoms with Crippen LogP contribution in [0, 0.1) is 24.0 Å². The number of amides is 1. The highest BCUT2D eigenvalue weighted by Crippen LogP contribution is 2.24. The van der Waals surface area contributed by atoms with Crippen LogP contribution < -0.4 is 0 Å². The Balaban J connectivity index is 1.75. The minimum Gasteiger partial charge on any atom is -0.346 e. The van der Waals surface area contributed by atoms with Gasteiger partial charge < -0.3 is 9.47 Å². The number of aromatic nitrogens is 1. The number of hydrogen-bond acceptors (Lipinski definition) is 5. The molecule has 1 aliphatic heterocycles. The normalized spacial score (nSPS) is 15.6. The van der Waals surface area contributed by atoms with E-state index in [1.165, 1.54) is 22.5 Å². The molecule has 30 heavy (non-hydrogen) atoms. The Morgan fingerprint density at radius 3 is 2.27 bits per heavy atom. The van der Waals surface area contributed by atoms with Gasteiger partial charge in [0.2, 0.25) is 10.0 Å². The number of hydrogen-bond donors (Lipinski definition) is 0. The molecule has 1 amide bonds. The number of sulfonamides is 1. The fraction of sp³-hybridized carbons (Fsp3) is 0.450. The Kier molecular flexibility index (Phi) is 6.00. The van der Waals surface area contributed by atoms with Crippen molar-refractivity contribution in [3.05, 3.63) is 57.4 Å². The molecule has 2 aromatic rings. The maximum absolute atomic E-state index is 13.0. The number of carbonyl (C=O) groups excluding carboxylic acids is 1.